The second-order valence-electron chi connectivity index (χ2n) is 10.8. The van der Waals surface area contributed by atoms with Crippen LogP contribution in [0.1, 0.15) is 61.4 Å². The fourth-order valence-corrected chi connectivity index (χ4v) is 7.11. The first-order valence-corrected chi connectivity index (χ1v) is 14.1. The lowest BCUT2D eigenvalue weighted by molar-refractivity contribution is 0.114. The van der Waals surface area contributed by atoms with Gasteiger partial charge in [0.15, 0.2) is 0 Å². The van der Waals surface area contributed by atoms with Crippen molar-refractivity contribution in [2.24, 2.45) is 0 Å². The summed E-state index contributed by atoms with van der Waals surface area (Å²) in [7, 11) is 2.14. The lowest BCUT2D eigenvalue weighted by atomic mass is 9.72. The molecule has 10 nitrogen and oxygen atoms in total. The van der Waals surface area contributed by atoms with Crippen molar-refractivity contribution in [1.29, 1.82) is 5.26 Å². The second kappa shape index (κ2) is 9.84. The zero-order valence-corrected chi connectivity index (χ0v) is 22.8. The predicted octanol–water partition coefficient (Wildman–Crippen LogP) is 3.50. The van der Waals surface area contributed by atoms with E-state index < -0.39 is 5.41 Å². The average molecular weight is 536 g/mol. The Balaban J connectivity index is 1.34. The largest absolute Gasteiger partial charge is 0.487 e. The van der Waals surface area contributed by atoms with Crippen LogP contribution in [0.4, 0.5) is 5.00 Å². The van der Waals surface area contributed by atoms with Gasteiger partial charge in [0.2, 0.25) is 17.6 Å². The Bertz CT molecular complexity index is 1380. The van der Waals surface area contributed by atoms with Gasteiger partial charge in [-0.3, -0.25) is 4.90 Å². The van der Waals surface area contributed by atoms with Gasteiger partial charge in [-0.1, -0.05) is 5.16 Å². The Hall–Kier alpha value is -3.20. The van der Waals surface area contributed by atoms with Gasteiger partial charge in [0.1, 0.15) is 34.7 Å². The fraction of sp³-hybridized carbons (Fsp3) is 0.556. The van der Waals surface area contributed by atoms with Crippen molar-refractivity contribution < 1.29 is 14.0 Å². The molecule has 3 N–H and O–H groups in total. The number of hydrogen-bond acceptors (Lipinski definition) is 11. The molecule has 0 amide bonds. The number of ether oxygens (including phenoxy) is 2. The fourth-order valence-electron chi connectivity index (χ4n) is 5.92. The summed E-state index contributed by atoms with van der Waals surface area (Å²) in [6, 6.07) is 6.32. The molecule has 0 spiro atoms. The molecule has 11 heteroatoms. The zero-order valence-electron chi connectivity index (χ0n) is 22.0. The van der Waals surface area contributed by atoms with Crippen LogP contribution in [0.25, 0.3) is 11.5 Å². The van der Waals surface area contributed by atoms with E-state index in [1.807, 2.05) is 12.1 Å². The van der Waals surface area contributed by atoms with Gasteiger partial charge in [0.25, 0.3) is 0 Å². The Labute approximate surface area is 226 Å². The number of pyridine rings is 1. The highest BCUT2D eigenvalue weighted by Gasteiger charge is 2.43. The average Bonchev–Trinajstić information content (AvgIpc) is 3.60. The molecule has 3 aromatic rings. The number of nitriles is 1. The van der Waals surface area contributed by atoms with Crippen molar-refractivity contribution in [3.8, 4) is 29.2 Å². The molecular weight excluding hydrogens is 502 g/mol. The number of rotatable bonds is 7. The van der Waals surface area contributed by atoms with Gasteiger partial charge in [-0.25, -0.2) is 4.98 Å². The van der Waals surface area contributed by atoms with Crippen molar-refractivity contribution in [2.75, 3.05) is 32.4 Å². The highest BCUT2D eigenvalue weighted by atomic mass is 32.1. The topological polar surface area (TPSA) is 135 Å². The van der Waals surface area contributed by atoms with Crippen LogP contribution in [0.2, 0.25) is 0 Å². The van der Waals surface area contributed by atoms with Gasteiger partial charge in [-0.15, -0.1) is 11.3 Å². The number of anilines is 1. The van der Waals surface area contributed by atoms with Crippen LogP contribution >= 0.6 is 11.3 Å². The minimum atomic E-state index is -0.593. The van der Waals surface area contributed by atoms with Gasteiger partial charge in [0, 0.05) is 41.7 Å². The number of nitrogens with two attached hydrogens (primary N) is 1. The molecule has 2 saturated heterocycles. The third-order valence-electron chi connectivity index (χ3n) is 8.13. The first-order valence-electron chi connectivity index (χ1n) is 13.3. The molecule has 0 radical (unpaired) electrons. The van der Waals surface area contributed by atoms with E-state index in [-0.39, 0.29) is 12.2 Å². The summed E-state index contributed by atoms with van der Waals surface area (Å²) >= 11 is 1.49. The number of fused-ring (bicyclic) bond motifs is 1. The summed E-state index contributed by atoms with van der Waals surface area (Å²) < 4.78 is 18.4. The van der Waals surface area contributed by atoms with Crippen LogP contribution in [0.3, 0.4) is 0 Å². The zero-order chi connectivity index (χ0) is 26.4. The molecule has 3 aliphatic rings. The highest BCUT2D eigenvalue weighted by Crippen LogP contribution is 2.48. The van der Waals surface area contributed by atoms with E-state index in [1.165, 1.54) is 17.8 Å². The molecule has 1 unspecified atom stereocenters. The summed E-state index contributed by atoms with van der Waals surface area (Å²) in [4.78, 5) is 13.0. The quantitative estimate of drug-likeness (QED) is 0.463. The van der Waals surface area contributed by atoms with Crippen molar-refractivity contribution in [3.63, 3.8) is 0 Å². The maximum atomic E-state index is 9.82. The summed E-state index contributed by atoms with van der Waals surface area (Å²) in [5, 5.41) is 17.9. The number of thiophene rings is 1. The SMILES string of the molecule is C[C@H](Oc1cc(OC2CNC2)cc(-c2noc([C@@]3(C)CCCc4sc(N)c(C#N)c43)n2)n1)C1CCCN1C. The van der Waals surface area contributed by atoms with Gasteiger partial charge in [-0.05, 0) is 59.5 Å². The van der Waals surface area contributed by atoms with Gasteiger partial charge < -0.3 is 25.0 Å². The molecule has 3 atom stereocenters. The third-order valence-corrected chi connectivity index (χ3v) is 9.21. The van der Waals surface area contributed by atoms with Crippen molar-refractivity contribution in [1.82, 2.24) is 25.3 Å². The monoisotopic (exact) mass is 535 g/mol. The highest BCUT2D eigenvalue weighted by molar-refractivity contribution is 7.16. The lowest BCUT2D eigenvalue weighted by Crippen LogP contribution is -2.50. The van der Waals surface area contributed by atoms with Crippen LogP contribution < -0.4 is 20.5 Å². The Morgan fingerprint density at radius 2 is 2.16 bits per heavy atom. The van der Waals surface area contributed by atoms with E-state index in [4.69, 9.17) is 29.7 Å². The van der Waals surface area contributed by atoms with E-state index in [2.05, 4.69) is 42.3 Å². The molecular formula is C27H33N7O3S. The predicted molar refractivity (Wildman–Crippen MR) is 143 cm³/mol. The van der Waals surface area contributed by atoms with E-state index in [0.29, 0.717) is 45.6 Å². The first-order chi connectivity index (χ1) is 18.4. The molecule has 38 heavy (non-hydrogen) atoms. The summed E-state index contributed by atoms with van der Waals surface area (Å²) in [5.41, 5.74) is 7.57. The third kappa shape index (κ3) is 4.40. The van der Waals surface area contributed by atoms with Crippen molar-refractivity contribution >= 4 is 16.3 Å². The molecule has 3 aromatic heterocycles. The van der Waals surface area contributed by atoms with E-state index in [0.717, 1.165) is 55.8 Å². The van der Waals surface area contributed by atoms with E-state index in [1.54, 1.807) is 0 Å². The Morgan fingerprint density at radius 1 is 1.32 bits per heavy atom. The number of hydrogen-bond donors (Lipinski definition) is 2. The number of likely N-dealkylation sites (tertiary alicyclic amines) is 1. The summed E-state index contributed by atoms with van der Waals surface area (Å²) in [6.07, 6.45) is 4.98. The number of nitrogens with one attached hydrogen (secondary N) is 1. The van der Waals surface area contributed by atoms with Gasteiger partial charge in [0.05, 0.1) is 11.0 Å². The van der Waals surface area contributed by atoms with E-state index >= 15 is 0 Å². The molecule has 0 saturated carbocycles. The van der Waals surface area contributed by atoms with Crippen molar-refractivity contribution in [2.45, 2.75) is 69.6 Å². The van der Waals surface area contributed by atoms with Gasteiger partial charge in [-0.2, -0.15) is 10.2 Å². The minimum Gasteiger partial charge on any atom is -0.487 e. The summed E-state index contributed by atoms with van der Waals surface area (Å²) in [6.45, 7) is 6.82. The number of nitrogens with zero attached hydrogens (tertiary/aromatic N) is 5. The molecule has 2 fully saturated rings. The standard InChI is InChI=1S/C27H33N7O3S/c1-15(20-6-5-9-34(20)3)35-22-11-16(36-17-13-30-14-17)10-19(31-22)25-32-26(37-33-25)27(2)8-4-7-21-23(27)18(12-28)24(29)38-21/h10-11,15,17,20,30H,4-9,13-14,29H2,1-3H3/t15-,20?,27-/m0/s1. The van der Waals surface area contributed by atoms with Crippen LogP contribution in [0.15, 0.2) is 16.7 Å². The molecule has 200 valence electrons. The van der Waals surface area contributed by atoms with E-state index in [9.17, 15) is 5.26 Å². The molecule has 6 rings (SSSR count). The molecule has 0 bridgehead atoms. The smallest absolute Gasteiger partial charge is 0.237 e. The molecule has 2 aliphatic heterocycles. The maximum Gasteiger partial charge on any atom is 0.237 e. The molecule has 5 heterocycles. The van der Waals surface area contributed by atoms with Gasteiger partial charge >= 0.3 is 0 Å². The van der Waals surface area contributed by atoms with Crippen molar-refractivity contribution in [3.05, 3.63) is 34.0 Å². The normalized spacial score (nSPS) is 24.4. The van der Waals surface area contributed by atoms with Crippen LogP contribution in [0.5, 0.6) is 11.6 Å². The minimum absolute atomic E-state index is 0.0303. The summed E-state index contributed by atoms with van der Waals surface area (Å²) in [5.74, 6) is 1.97. The Morgan fingerprint density at radius 3 is 2.87 bits per heavy atom. The number of aryl methyl sites for hydroxylation is 1. The number of likely N-dealkylation sites (N-methyl/N-ethyl adjacent to an activating group) is 1. The van der Waals surface area contributed by atoms with Crippen LogP contribution in [-0.4, -0.2) is 65.0 Å². The van der Waals surface area contributed by atoms with Crippen LogP contribution in [-0.2, 0) is 11.8 Å². The second-order valence-corrected chi connectivity index (χ2v) is 11.9. The first kappa shape index (κ1) is 25.1. The lowest BCUT2D eigenvalue weighted by Gasteiger charge is -2.30. The number of nitrogen functional groups attached to an aromatic ring is 1. The molecule has 1 aliphatic carbocycles. The maximum absolute atomic E-state index is 9.82. The Kier molecular flexibility index (Phi) is 6.50. The van der Waals surface area contributed by atoms with Crippen LogP contribution in [0, 0.1) is 11.3 Å². The molecule has 0 aromatic carbocycles. The number of aromatic nitrogens is 3.